The molecular formula is C35H36Cl2F2N6O7S. The Morgan fingerprint density at radius 1 is 1.11 bits per heavy atom. The summed E-state index contributed by atoms with van der Waals surface area (Å²) in [4.78, 5) is 45.3. The minimum Gasteiger partial charge on any atom is -0.462 e. The minimum atomic E-state index is -4.42. The third-order valence-electron chi connectivity index (χ3n) is 8.91. The second-order valence-electron chi connectivity index (χ2n) is 12.6. The highest BCUT2D eigenvalue weighted by atomic mass is 35.5. The Labute approximate surface area is 315 Å². The number of methoxy groups -OCH3 is 1. The van der Waals surface area contributed by atoms with Crippen LogP contribution in [0.15, 0.2) is 65.8 Å². The molecule has 0 spiro atoms. The Balaban J connectivity index is 1.38. The molecule has 0 radical (unpaired) electrons. The van der Waals surface area contributed by atoms with Gasteiger partial charge in [0, 0.05) is 50.6 Å². The van der Waals surface area contributed by atoms with E-state index in [1.165, 1.54) is 48.7 Å². The first-order chi connectivity index (χ1) is 25.2. The van der Waals surface area contributed by atoms with Gasteiger partial charge < -0.3 is 20.1 Å². The first-order valence-electron chi connectivity index (χ1n) is 16.5. The van der Waals surface area contributed by atoms with Crippen molar-refractivity contribution < 1.29 is 41.1 Å². The van der Waals surface area contributed by atoms with Gasteiger partial charge in [0.05, 0.1) is 45.3 Å². The highest BCUT2D eigenvalue weighted by molar-refractivity contribution is 7.89. The molecule has 3 heterocycles. The molecule has 3 aromatic rings. The van der Waals surface area contributed by atoms with Crippen LogP contribution < -0.4 is 10.6 Å². The van der Waals surface area contributed by atoms with Crippen LogP contribution in [-0.4, -0.2) is 104 Å². The van der Waals surface area contributed by atoms with Crippen molar-refractivity contribution in [3.8, 4) is 6.07 Å². The molecule has 3 atom stereocenters. The Kier molecular flexibility index (Phi) is 13.0. The molecule has 2 unspecified atom stereocenters. The number of sulfonamides is 1. The van der Waals surface area contributed by atoms with Gasteiger partial charge in [-0.15, -0.1) is 0 Å². The molecule has 2 aliphatic heterocycles. The molecule has 282 valence electrons. The number of ether oxygens (including phenoxy) is 2. The van der Waals surface area contributed by atoms with Crippen molar-refractivity contribution in [1.82, 2.24) is 19.5 Å². The van der Waals surface area contributed by atoms with Crippen LogP contribution in [-0.2, 0) is 35.5 Å². The topological polar surface area (TPSA) is 171 Å². The van der Waals surface area contributed by atoms with Crippen molar-refractivity contribution in [2.24, 2.45) is 0 Å². The van der Waals surface area contributed by atoms with Gasteiger partial charge in [0.2, 0.25) is 15.9 Å². The van der Waals surface area contributed by atoms with Gasteiger partial charge in [-0.2, -0.15) is 9.57 Å². The number of carbonyl (C=O) groups is 3. The maximum Gasteiger partial charge on any atom is 0.329 e. The van der Waals surface area contributed by atoms with Crippen LogP contribution in [0.25, 0.3) is 0 Å². The van der Waals surface area contributed by atoms with Gasteiger partial charge in [0.25, 0.3) is 11.8 Å². The average Bonchev–Trinajstić information content (AvgIpc) is 3.59. The predicted molar refractivity (Wildman–Crippen MR) is 190 cm³/mol. The fourth-order valence-electron chi connectivity index (χ4n) is 6.29. The summed E-state index contributed by atoms with van der Waals surface area (Å²) in [6, 6.07) is 10.1. The molecule has 2 saturated heterocycles. The molecule has 2 N–H and O–H groups in total. The lowest BCUT2D eigenvalue weighted by Gasteiger charge is -2.36. The standard InChI is InChI=1S/C35H36Cl2F2N6O7S/c1-51-12-13-52-34(48)29(15-22-6-8-24(9-7-22)42-33(47)31-27(36)18-41-19-28(31)37)43-32(46)30-16-25(44-11-3-10-35(38,39)21-44)20-45(30)53(49,50)26-5-2-4-23(14-26)17-40/h2,4-9,14,18-19,25,29-30H,3,10-13,15-16,20-21H2,1H3,(H,42,47)(H,43,46)/t25-,29?,30?/m1/s1. The van der Waals surface area contributed by atoms with Crippen LogP contribution in [0.2, 0.25) is 10.0 Å². The van der Waals surface area contributed by atoms with E-state index in [-0.39, 0.29) is 71.5 Å². The van der Waals surface area contributed by atoms with Crippen molar-refractivity contribution in [3.63, 3.8) is 0 Å². The smallest absolute Gasteiger partial charge is 0.329 e. The third-order valence-corrected chi connectivity index (χ3v) is 11.4. The summed E-state index contributed by atoms with van der Waals surface area (Å²) in [5.74, 6) is -5.21. The minimum absolute atomic E-state index is 0.0333. The number of pyridine rings is 1. The lowest BCUT2D eigenvalue weighted by atomic mass is 10.0. The number of carbonyl (C=O) groups excluding carboxylic acids is 3. The number of nitriles is 1. The fourth-order valence-corrected chi connectivity index (χ4v) is 8.51. The second kappa shape index (κ2) is 17.3. The van der Waals surface area contributed by atoms with E-state index in [9.17, 15) is 36.8 Å². The van der Waals surface area contributed by atoms with E-state index in [1.807, 2.05) is 6.07 Å². The van der Waals surface area contributed by atoms with Crippen LogP contribution >= 0.6 is 23.2 Å². The molecule has 53 heavy (non-hydrogen) atoms. The van der Waals surface area contributed by atoms with E-state index in [2.05, 4.69) is 15.6 Å². The van der Waals surface area contributed by atoms with Crippen molar-refractivity contribution >= 4 is 56.7 Å². The lowest BCUT2D eigenvalue weighted by molar-refractivity contribution is -0.149. The average molecular weight is 794 g/mol. The number of amides is 2. The molecule has 2 aliphatic rings. The molecule has 1 aromatic heterocycles. The van der Waals surface area contributed by atoms with Crippen LogP contribution in [0.3, 0.4) is 0 Å². The van der Waals surface area contributed by atoms with E-state index in [4.69, 9.17) is 32.7 Å². The molecule has 13 nitrogen and oxygen atoms in total. The number of aromatic nitrogens is 1. The second-order valence-corrected chi connectivity index (χ2v) is 15.3. The number of nitrogens with one attached hydrogen (secondary N) is 2. The number of rotatable bonds is 13. The predicted octanol–water partition coefficient (Wildman–Crippen LogP) is 4.29. The summed E-state index contributed by atoms with van der Waals surface area (Å²) in [5.41, 5.74) is 1.01. The number of benzene rings is 2. The normalized spacial score (nSPS) is 19.5. The van der Waals surface area contributed by atoms with E-state index >= 15 is 0 Å². The van der Waals surface area contributed by atoms with E-state index in [0.717, 1.165) is 4.31 Å². The van der Waals surface area contributed by atoms with Crippen molar-refractivity contribution in [2.75, 3.05) is 45.3 Å². The Hall–Kier alpha value is -4.24. The van der Waals surface area contributed by atoms with Crippen molar-refractivity contribution in [1.29, 1.82) is 5.26 Å². The van der Waals surface area contributed by atoms with Gasteiger partial charge in [-0.1, -0.05) is 41.4 Å². The van der Waals surface area contributed by atoms with Crippen molar-refractivity contribution in [2.45, 2.75) is 54.6 Å². The first kappa shape index (κ1) is 40.0. The Morgan fingerprint density at radius 2 is 1.83 bits per heavy atom. The first-order valence-corrected chi connectivity index (χ1v) is 18.7. The van der Waals surface area contributed by atoms with E-state index in [1.54, 1.807) is 24.3 Å². The van der Waals surface area contributed by atoms with E-state index < -0.39 is 58.4 Å². The summed E-state index contributed by atoms with van der Waals surface area (Å²) in [6.45, 7) is -0.612. The van der Waals surface area contributed by atoms with Gasteiger partial charge in [0.15, 0.2) is 0 Å². The van der Waals surface area contributed by atoms with E-state index in [0.29, 0.717) is 17.8 Å². The quantitative estimate of drug-likeness (QED) is 0.188. The van der Waals surface area contributed by atoms with Crippen molar-refractivity contribution in [3.05, 3.63) is 87.7 Å². The number of esters is 1. The van der Waals surface area contributed by atoms with Gasteiger partial charge in [-0.05, 0) is 55.3 Å². The maximum absolute atomic E-state index is 14.5. The third kappa shape index (κ3) is 9.85. The fraction of sp³-hybridized carbons (Fsp3) is 0.400. The van der Waals surface area contributed by atoms with Gasteiger partial charge in [-0.25, -0.2) is 22.0 Å². The van der Waals surface area contributed by atoms with Crippen LogP contribution in [0.5, 0.6) is 0 Å². The largest absolute Gasteiger partial charge is 0.462 e. The number of likely N-dealkylation sites (tertiary alicyclic amines) is 1. The molecule has 5 rings (SSSR count). The molecule has 2 fully saturated rings. The maximum atomic E-state index is 14.5. The summed E-state index contributed by atoms with van der Waals surface area (Å²) in [5, 5.41) is 14.8. The SMILES string of the molecule is COCCOC(=O)C(Cc1ccc(NC(=O)c2c(Cl)cncc2Cl)cc1)NC(=O)C1C[C@@H](N2CCCC(F)(F)C2)CN1S(=O)(=O)c1cccc(C#N)c1. The number of nitrogens with zero attached hydrogens (tertiary/aromatic N) is 4. The molecule has 2 aromatic carbocycles. The zero-order chi connectivity index (χ0) is 38.3. The Morgan fingerprint density at radius 3 is 2.49 bits per heavy atom. The number of halogens is 4. The summed E-state index contributed by atoms with van der Waals surface area (Å²) in [6.07, 6.45) is 2.25. The van der Waals surface area contributed by atoms with Gasteiger partial charge >= 0.3 is 5.97 Å². The summed E-state index contributed by atoms with van der Waals surface area (Å²) >= 11 is 12.2. The summed E-state index contributed by atoms with van der Waals surface area (Å²) < 4.78 is 68.2. The number of hydrogen-bond acceptors (Lipinski definition) is 10. The monoisotopic (exact) mass is 792 g/mol. The number of hydrogen-bond donors (Lipinski definition) is 2. The van der Waals surface area contributed by atoms with Crippen LogP contribution in [0, 0.1) is 11.3 Å². The number of anilines is 1. The zero-order valence-electron chi connectivity index (χ0n) is 28.4. The zero-order valence-corrected chi connectivity index (χ0v) is 30.8. The number of piperidine rings is 1. The lowest BCUT2D eigenvalue weighted by Crippen LogP contribution is -2.51. The van der Waals surface area contributed by atoms with Crippen LogP contribution in [0.1, 0.15) is 40.7 Å². The molecule has 0 aliphatic carbocycles. The Bertz CT molecular complexity index is 1960. The highest BCUT2D eigenvalue weighted by Crippen LogP contribution is 2.34. The highest BCUT2D eigenvalue weighted by Gasteiger charge is 2.48. The van der Waals surface area contributed by atoms with Gasteiger partial charge in [-0.3, -0.25) is 19.5 Å². The van der Waals surface area contributed by atoms with Crippen LogP contribution in [0.4, 0.5) is 14.5 Å². The number of alkyl halides is 2. The molecule has 2 amide bonds. The molecule has 0 saturated carbocycles. The molecule has 18 heteroatoms. The van der Waals surface area contributed by atoms with Gasteiger partial charge in [0.1, 0.15) is 18.7 Å². The molecule has 0 bridgehead atoms. The summed E-state index contributed by atoms with van der Waals surface area (Å²) in [7, 11) is -3.00. The molecular weight excluding hydrogens is 757 g/mol.